The maximum Gasteiger partial charge on any atom is 0.255 e. The number of nitrogens with one attached hydrogen (secondary N) is 1. The fraction of sp³-hybridized carbons (Fsp3) is 0.353. The van der Waals surface area contributed by atoms with E-state index in [0.717, 1.165) is 52.7 Å². The molecule has 8 heteroatoms. The van der Waals surface area contributed by atoms with Crippen molar-refractivity contribution < 1.29 is 9.47 Å². The Bertz CT molecular complexity index is 973. The van der Waals surface area contributed by atoms with Crippen LogP contribution in [0.15, 0.2) is 28.2 Å². The average Bonchev–Trinajstić information content (AvgIpc) is 3.26. The molecule has 130 valence electrons. The molecular formula is C17H18N4O3S. The van der Waals surface area contributed by atoms with Crippen molar-refractivity contribution in [2.75, 3.05) is 14.2 Å². The second kappa shape index (κ2) is 6.44. The fourth-order valence-electron chi connectivity index (χ4n) is 3.18. The molecule has 0 amide bonds. The van der Waals surface area contributed by atoms with Crippen molar-refractivity contribution in [3.8, 4) is 11.5 Å². The zero-order chi connectivity index (χ0) is 17.4. The molecule has 0 saturated heterocycles. The molecule has 0 fully saturated rings. The van der Waals surface area contributed by atoms with E-state index in [-0.39, 0.29) is 5.56 Å². The second-order valence-electron chi connectivity index (χ2n) is 5.88. The molecular weight excluding hydrogens is 340 g/mol. The fourth-order valence-corrected chi connectivity index (χ4v) is 4.07. The summed E-state index contributed by atoms with van der Waals surface area (Å²) in [5.41, 5.74) is 2.92. The number of hydrogen-bond acceptors (Lipinski definition) is 6. The van der Waals surface area contributed by atoms with E-state index >= 15 is 0 Å². The molecule has 0 spiro atoms. The lowest BCUT2D eigenvalue weighted by molar-refractivity contribution is 0.393. The Morgan fingerprint density at radius 1 is 1.16 bits per heavy atom. The quantitative estimate of drug-likeness (QED) is 0.704. The molecule has 0 radical (unpaired) electrons. The van der Waals surface area contributed by atoms with Crippen LogP contribution >= 0.6 is 11.8 Å². The van der Waals surface area contributed by atoms with Gasteiger partial charge in [0, 0.05) is 23.1 Å². The third kappa shape index (κ3) is 2.86. The normalized spacial score (nSPS) is 13.2. The van der Waals surface area contributed by atoms with Gasteiger partial charge in [0.15, 0.2) is 5.16 Å². The molecule has 1 N–H and O–H groups in total. The summed E-state index contributed by atoms with van der Waals surface area (Å²) in [6.45, 7) is 0. The summed E-state index contributed by atoms with van der Waals surface area (Å²) in [4.78, 5) is 14.9. The van der Waals surface area contributed by atoms with Gasteiger partial charge in [-0.25, -0.2) is 0 Å². The summed E-state index contributed by atoms with van der Waals surface area (Å²) < 4.78 is 12.6. The van der Waals surface area contributed by atoms with Gasteiger partial charge in [-0.15, -0.1) is 10.2 Å². The van der Waals surface area contributed by atoms with Crippen LogP contribution in [0, 0.1) is 0 Å². The first kappa shape index (κ1) is 16.0. The van der Waals surface area contributed by atoms with E-state index in [0.29, 0.717) is 11.5 Å². The highest BCUT2D eigenvalue weighted by molar-refractivity contribution is 7.98. The van der Waals surface area contributed by atoms with Crippen molar-refractivity contribution >= 4 is 17.5 Å². The number of rotatable bonds is 5. The Balaban J connectivity index is 1.66. The third-order valence-corrected chi connectivity index (χ3v) is 5.37. The summed E-state index contributed by atoms with van der Waals surface area (Å²) >= 11 is 1.58. The number of H-pyrrole nitrogens is 1. The molecule has 7 nitrogen and oxygen atoms in total. The van der Waals surface area contributed by atoms with Gasteiger partial charge in [-0.2, -0.15) is 0 Å². The van der Waals surface area contributed by atoms with Crippen LogP contribution in [0.5, 0.6) is 11.5 Å². The molecule has 1 aliphatic carbocycles. The highest BCUT2D eigenvalue weighted by atomic mass is 32.2. The van der Waals surface area contributed by atoms with Gasteiger partial charge in [0.05, 0.1) is 14.2 Å². The van der Waals surface area contributed by atoms with Crippen LogP contribution < -0.4 is 15.0 Å². The first-order valence-corrected chi connectivity index (χ1v) is 9.02. The summed E-state index contributed by atoms with van der Waals surface area (Å²) in [6.07, 6.45) is 2.69. The molecule has 2 aromatic heterocycles. The van der Waals surface area contributed by atoms with E-state index in [4.69, 9.17) is 9.47 Å². The van der Waals surface area contributed by atoms with E-state index in [1.54, 1.807) is 26.0 Å². The molecule has 2 heterocycles. The number of aromatic nitrogens is 4. The lowest BCUT2D eigenvalue weighted by Gasteiger charge is -2.09. The van der Waals surface area contributed by atoms with Crippen molar-refractivity contribution in [2.45, 2.75) is 30.2 Å². The van der Waals surface area contributed by atoms with Crippen LogP contribution in [0.4, 0.5) is 0 Å². The van der Waals surface area contributed by atoms with E-state index in [1.165, 1.54) is 0 Å². The van der Waals surface area contributed by atoms with Gasteiger partial charge in [-0.3, -0.25) is 14.2 Å². The van der Waals surface area contributed by atoms with Crippen LogP contribution in [0.3, 0.4) is 0 Å². The highest BCUT2D eigenvalue weighted by Gasteiger charge is 2.21. The standard InChI is InChI=1S/C17H18N4O3S/c1-23-11-6-10(7-12(8-11)24-2)9-25-17-20-19-16-18-15(22)13-4-3-5-14(13)21(16)17/h6-8H,3-5,9H2,1-2H3,(H,18,19,22). The number of aryl methyl sites for hydroxylation is 1. The number of nitrogens with zero attached hydrogens (tertiary/aromatic N) is 3. The summed E-state index contributed by atoms with van der Waals surface area (Å²) in [6, 6.07) is 5.80. The third-order valence-electron chi connectivity index (χ3n) is 4.37. The van der Waals surface area contributed by atoms with Crippen LogP contribution in [-0.2, 0) is 18.6 Å². The molecule has 1 aliphatic rings. The van der Waals surface area contributed by atoms with E-state index in [9.17, 15) is 4.79 Å². The second-order valence-corrected chi connectivity index (χ2v) is 6.83. The van der Waals surface area contributed by atoms with Gasteiger partial charge in [-0.1, -0.05) is 11.8 Å². The molecule has 0 aliphatic heterocycles. The lowest BCUT2D eigenvalue weighted by Crippen LogP contribution is -2.16. The number of benzene rings is 1. The minimum atomic E-state index is -0.0403. The lowest BCUT2D eigenvalue weighted by atomic mass is 10.2. The number of thioether (sulfide) groups is 1. The minimum Gasteiger partial charge on any atom is -0.497 e. The average molecular weight is 358 g/mol. The maximum absolute atomic E-state index is 12.1. The molecule has 0 bridgehead atoms. The zero-order valence-corrected chi connectivity index (χ0v) is 14.9. The number of hydrogen-bond donors (Lipinski definition) is 1. The predicted molar refractivity (Wildman–Crippen MR) is 94.7 cm³/mol. The Hall–Kier alpha value is -2.48. The Kier molecular flexibility index (Phi) is 4.12. The Labute approximate surface area is 148 Å². The van der Waals surface area contributed by atoms with Gasteiger partial charge in [-0.05, 0) is 37.0 Å². The van der Waals surface area contributed by atoms with Crippen molar-refractivity contribution in [2.24, 2.45) is 0 Å². The molecule has 25 heavy (non-hydrogen) atoms. The van der Waals surface area contributed by atoms with Crippen LogP contribution in [0.25, 0.3) is 5.78 Å². The summed E-state index contributed by atoms with van der Waals surface area (Å²) in [7, 11) is 3.27. The van der Waals surface area contributed by atoms with Crippen molar-refractivity contribution in [1.82, 2.24) is 19.6 Å². The van der Waals surface area contributed by atoms with Gasteiger partial charge < -0.3 is 9.47 Å². The molecule has 4 rings (SSSR count). The van der Waals surface area contributed by atoms with Crippen molar-refractivity contribution in [3.05, 3.63) is 45.4 Å². The largest absolute Gasteiger partial charge is 0.497 e. The number of aromatic amines is 1. The van der Waals surface area contributed by atoms with E-state index in [2.05, 4.69) is 15.2 Å². The smallest absolute Gasteiger partial charge is 0.255 e. The predicted octanol–water partition coefficient (Wildman–Crippen LogP) is 2.22. The molecule has 0 saturated carbocycles. The van der Waals surface area contributed by atoms with Gasteiger partial charge in [0.2, 0.25) is 5.78 Å². The molecule has 0 atom stereocenters. The van der Waals surface area contributed by atoms with Gasteiger partial charge in [0.1, 0.15) is 11.5 Å². The Morgan fingerprint density at radius 2 is 1.92 bits per heavy atom. The molecule has 0 unspecified atom stereocenters. The van der Waals surface area contributed by atoms with Gasteiger partial charge in [0.25, 0.3) is 5.56 Å². The number of fused-ring (bicyclic) bond motifs is 3. The summed E-state index contributed by atoms with van der Waals surface area (Å²) in [5, 5.41) is 9.16. The first-order chi connectivity index (χ1) is 12.2. The van der Waals surface area contributed by atoms with Crippen LogP contribution in [-0.4, -0.2) is 33.8 Å². The van der Waals surface area contributed by atoms with Crippen molar-refractivity contribution in [3.63, 3.8) is 0 Å². The zero-order valence-electron chi connectivity index (χ0n) is 14.0. The maximum atomic E-state index is 12.1. The number of methoxy groups -OCH3 is 2. The first-order valence-electron chi connectivity index (χ1n) is 8.03. The minimum absolute atomic E-state index is 0.0403. The van der Waals surface area contributed by atoms with Crippen molar-refractivity contribution in [1.29, 1.82) is 0 Å². The van der Waals surface area contributed by atoms with Crippen LogP contribution in [0.2, 0.25) is 0 Å². The number of ether oxygens (including phenoxy) is 2. The summed E-state index contributed by atoms with van der Waals surface area (Å²) in [5.74, 6) is 2.72. The van der Waals surface area contributed by atoms with E-state index in [1.807, 2.05) is 22.6 Å². The Morgan fingerprint density at radius 3 is 2.64 bits per heavy atom. The van der Waals surface area contributed by atoms with Gasteiger partial charge >= 0.3 is 0 Å². The van der Waals surface area contributed by atoms with E-state index < -0.39 is 0 Å². The molecule has 1 aromatic carbocycles. The van der Waals surface area contributed by atoms with Crippen LogP contribution in [0.1, 0.15) is 23.2 Å². The monoisotopic (exact) mass is 358 g/mol. The SMILES string of the molecule is COc1cc(CSc2nnc3[nH]c(=O)c4c(n23)CCC4)cc(OC)c1. The molecule has 3 aromatic rings. The highest BCUT2D eigenvalue weighted by Crippen LogP contribution is 2.29. The topological polar surface area (TPSA) is 81.5 Å².